The van der Waals surface area contributed by atoms with Gasteiger partial charge in [0, 0.05) is 13.2 Å². The zero-order valence-corrected chi connectivity index (χ0v) is 31.3. The molecule has 0 heterocycles. The first kappa shape index (κ1) is 45.8. The monoisotopic (exact) mass is 642 g/mol. The Morgan fingerprint density at radius 2 is 0.682 bits per heavy atom. The van der Waals surface area contributed by atoms with Gasteiger partial charge in [-0.3, -0.25) is 0 Å². The van der Waals surface area contributed by atoms with Gasteiger partial charge in [-0.25, -0.2) is 0 Å². The fourth-order valence-corrected chi connectivity index (χ4v) is 5.63. The van der Waals surface area contributed by atoms with Crippen molar-refractivity contribution < 1.29 is 26.8 Å². The van der Waals surface area contributed by atoms with Crippen LogP contribution in [0, 0.1) is 0 Å². The molecule has 0 amide bonds. The average molecular weight is 643 g/mol. The largest absolute Gasteiger partial charge is 1.00 e. The highest BCUT2D eigenvalue weighted by molar-refractivity contribution is 4.82. The second kappa shape index (κ2) is 40.7. The zero-order chi connectivity index (χ0) is 31.3. The first-order chi connectivity index (χ1) is 21.2. The number of quaternary nitrogens is 1. The molecule has 0 atom stereocenters. The lowest BCUT2D eigenvalue weighted by atomic mass is 10.1. The summed E-state index contributed by atoms with van der Waals surface area (Å²) in [6.07, 6.45) is 47.3. The van der Waals surface area contributed by atoms with E-state index >= 15 is 0 Å². The standard InChI is InChI=1S/C40H79NO2.ClH/c1-5-7-9-11-13-15-17-19-21-23-25-27-29-31-33-35-37-42-40(39-41(3)4)43-38-36-34-32-30-28-26-24-22-20-18-16-14-12-10-8-6-2;/h19-22,40H,5-18,23-39H2,1-4H3;1H/b21-19-,22-20-;. The minimum Gasteiger partial charge on any atom is -1.00 e. The molecule has 0 spiro atoms. The smallest absolute Gasteiger partial charge is 0.207 e. The Labute approximate surface area is 284 Å². The Balaban J connectivity index is 0. The van der Waals surface area contributed by atoms with Gasteiger partial charge in [0.25, 0.3) is 0 Å². The Kier molecular flexibility index (Phi) is 42.3. The van der Waals surface area contributed by atoms with Gasteiger partial charge >= 0.3 is 0 Å². The Morgan fingerprint density at radius 1 is 0.409 bits per heavy atom. The summed E-state index contributed by atoms with van der Waals surface area (Å²) in [5.74, 6) is 0. The SMILES string of the molecule is CCCCCCCC/C=C\CCCCCCCCOC(C[NH+](C)C)OCCCCCCCC/C=C\CCCCCCCC.[Cl-]. The number of rotatable bonds is 36. The van der Waals surface area contributed by atoms with E-state index in [1.54, 1.807) is 0 Å². The van der Waals surface area contributed by atoms with Crippen molar-refractivity contribution in [2.24, 2.45) is 0 Å². The third-order valence-electron chi connectivity index (χ3n) is 8.49. The molecule has 0 radical (unpaired) electrons. The molecule has 0 fully saturated rings. The van der Waals surface area contributed by atoms with Gasteiger partial charge in [0.05, 0.1) is 14.1 Å². The first-order valence-corrected chi connectivity index (χ1v) is 19.5. The van der Waals surface area contributed by atoms with Crippen LogP contribution in [0.1, 0.15) is 194 Å². The van der Waals surface area contributed by atoms with Gasteiger partial charge in [0.1, 0.15) is 6.54 Å². The van der Waals surface area contributed by atoms with Crippen LogP contribution >= 0.6 is 0 Å². The van der Waals surface area contributed by atoms with Gasteiger partial charge in [-0.15, -0.1) is 0 Å². The molecule has 0 aromatic heterocycles. The van der Waals surface area contributed by atoms with Crippen molar-refractivity contribution in [1.82, 2.24) is 0 Å². The van der Waals surface area contributed by atoms with E-state index in [0.29, 0.717) is 0 Å². The van der Waals surface area contributed by atoms with E-state index in [4.69, 9.17) is 9.47 Å². The molecule has 0 bridgehead atoms. The van der Waals surface area contributed by atoms with Crippen molar-refractivity contribution in [1.29, 1.82) is 0 Å². The predicted octanol–water partition coefficient (Wildman–Crippen LogP) is 8.57. The van der Waals surface area contributed by atoms with Gasteiger partial charge < -0.3 is 26.8 Å². The summed E-state index contributed by atoms with van der Waals surface area (Å²) in [6.45, 7) is 7.19. The summed E-state index contributed by atoms with van der Waals surface area (Å²) < 4.78 is 12.3. The van der Waals surface area contributed by atoms with Crippen LogP contribution in [-0.4, -0.2) is 40.1 Å². The van der Waals surface area contributed by atoms with Crippen molar-refractivity contribution in [2.45, 2.75) is 200 Å². The summed E-state index contributed by atoms with van der Waals surface area (Å²) in [5.41, 5.74) is 0. The van der Waals surface area contributed by atoms with Crippen LogP contribution in [-0.2, 0) is 9.47 Å². The van der Waals surface area contributed by atoms with Gasteiger partial charge in [-0.05, 0) is 64.2 Å². The van der Waals surface area contributed by atoms with E-state index < -0.39 is 0 Å². The minimum absolute atomic E-state index is 0. The third kappa shape index (κ3) is 39.7. The first-order valence-electron chi connectivity index (χ1n) is 19.5. The van der Waals surface area contributed by atoms with Gasteiger partial charge in [0.2, 0.25) is 6.29 Å². The number of likely N-dealkylation sites (N-methyl/N-ethyl adjacent to an activating group) is 1. The highest BCUT2D eigenvalue weighted by atomic mass is 35.5. The number of allylic oxidation sites excluding steroid dienone is 4. The molecule has 0 saturated carbocycles. The number of nitrogens with one attached hydrogen (secondary N) is 1. The van der Waals surface area contributed by atoms with Crippen LogP contribution in [0.15, 0.2) is 24.3 Å². The quantitative estimate of drug-likeness (QED) is 0.0421. The van der Waals surface area contributed by atoms with Crippen molar-refractivity contribution >= 4 is 0 Å². The number of hydrogen-bond donors (Lipinski definition) is 1. The molecule has 1 N–H and O–H groups in total. The predicted molar refractivity (Wildman–Crippen MR) is 192 cm³/mol. The maximum Gasteiger partial charge on any atom is 0.207 e. The van der Waals surface area contributed by atoms with Gasteiger partial charge in [-0.1, -0.05) is 154 Å². The minimum atomic E-state index is -0.0451. The van der Waals surface area contributed by atoms with Crippen molar-refractivity contribution in [3.63, 3.8) is 0 Å². The average Bonchev–Trinajstić information content (AvgIpc) is 2.99. The van der Waals surface area contributed by atoms with E-state index in [1.807, 2.05) is 0 Å². The molecule has 0 aliphatic rings. The molecule has 0 unspecified atom stereocenters. The van der Waals surface area contributed by atoms with Crippen LogP contribution in [0.4, 0.5) is 0 Å². The van der Waals surface area contributed by atoms with Crippen molar-refractivity contribution in [2.75, 3.05) is 33.9 Å². The van der Waals surface area contributed by atoms with Crippen LogP contribution < -0.4 is 17.3 Å². The van der Waals surface area contributed by atoms with Crippen molar-refractivity contribution in [3.05, 3.63) is 24.3 Å². The summed E-state index contributed by atoms with van der Waals surface area (Å²) in [7, 11) is 4.38. The summed E-state index contributed by atoms with van der Waals surface area (Å²) >= 11 is 0. The molecule has 0 aliphatic heterocycles. The Bertz CT molecular complexity index is 522. The molecular weight excluding hydrogens is 562 g/mol. The number of hydrogen-bond acceptors (Lipinski definition) is 2. The molecular formula is C40H80ClNO2. The maximum atomic E-state index is 6.14. The summed E-state index contributed by atoms with van der Waals surface area (Å²) in [5, 5.41) is 0. The highest BCUT2D eigenvalue weighted by Gasteiger charge is 2.13. The molecule has 3 nitrogen and oxygen atoms in total. The lowest BCUT2D eigenvalue weighted by molar-refractivity contribution is -0.865. The number of ether oxygens (including phenoxy) is 2. The van der Waals surface area contributed by atoms with E-state index in [1.165, 1.54) is 172 Å². The number of unbranched alkanes of at least 4 members (excludes halogenated alkanes) is 24. The van der Waals surface area contributed by atoms with E-state index in [2.05, 4.69) is 52.2 Å². The lowest BCUT2D eigenvalue weighted by Gasteiger charge is -2.20. The maximum absolute atomic E-state index is 6.14. The van der Waals surface area contributed by atoms with Crippen LogP contribution in [0.3, 0.4) is 0 Å². The third-order valence-corrected chi connectivity index (χ3v) is 8.49. The van der Waals surface area contributed by atoms with Gasteiger partial charge in [-0.2, -0.15) is 0 Å². The fraction of sp³-hybridized carbons (Fsp3) is 0.900. The Morgan fingerprint density at radius 3 is 0.977 bits per heavy atom. The molecule has 4 heteroatoms. The molecule has 44 heavy (non-hydrogen) atoms. The summed E-state index contributed by atoms with van der Waals surface area (Å²) in [6, 6.07) is 0. The molecule has 0 saturated heterocycles. The molecule has 264 valence electrons. The van der Waals surface area contributed by atoms with E-state index in [0.717, 1.165) is 32.6 Å². The van der Waals surface area contributed by atoms with Crippen LogP contribution in [0.25, 0.3) is 0 Å². The second-order valence-electron chi connectivity index (χ2n) is 13.5. The highest BCUT2D eigenvalue weighted by Crippen LogP contribution is 2.12. The number of halogens is 1. The van der Waals surface area contributed by atoms with Crippen LogP contribution in [0.2, 0.25) is 0 Å². The Hall–Kier alpha value is -0.350. The van der Waals surface area contributed by atoms with Gasteiger partial charge in [0.15, 0.2) is 0 Å². The van der Waals surface area contributed by atoms with E-state index in [9.17, 15) is 0 Å². The molecule has 0 rings (SSSR count). The summed E-state index contributed by atoms with van der Waals surface area (Å²) in [4.78, 5) is 1.40. The molecule has 0 aromatic rings. The van der Waals surface area contributed by atoms with E-state index in [-0.39, 0.29) is 18.7 Å². The lowest BCUT2D eigenvalue weighted by Crippen LogP contribution is -3.07. The second-order valence-corrected chi connectivity index (χ2v) is 13.5. The fourth-order valence-electron chi connectivity index (χ4n) is 5.63. The molecule has 0 aromatic carbocycles. The molecule has 0 aliphatic carbocycles. The zero-order valence-electron chi connectivity index (χ0n) is 30.5. The topological polar surface area (TPSA) is 22.9 Å². The van der Waals surface area contributed by atoms with Crippen molar-refractivity contribution in [3.8, 4) is 0 Å². The van der Waals surface area contributed by atoms with Crippen LogP contribution in [0.5, 0.6) is 0 Å². The normalized spacial score (nSPS) is 12.0.